The van der Waals surface area contributed by atoms with E-state index in [1.807, 2.05) is 0 Å². The Labute approximate surface area is 107 Å². The molecule has 0 atom stereocenters. The summed E-state index contributed by atoms with van der Waals surface area (Å²) < 4.78 is 5.06. The van der Waals surface area contributed by atoms with Crippen LogP contribution in [0, 0.1) is 6.92 Å². The van der Waals surface area contributed by atoms with E-state index in [0.717, 1.165) is 5.56 Å². The predicted molar refractivity (Wildman–Crippen MR) is 63.9 cm³/mol. The van der Waals surface area contributed by atoms with Crippen LogP contribution in [0.15, 0.2) is 22.9 Å². The van der Waals surface area contributed by atoms with E-state index in [0.29, 0.717) is 16.3 Å². The lowest BCUT2D eigenvalue weighted by Crippen LogP contribution is -1.97. The van der Waals surface area contributed by atoms with E-state index in [2.05, 4.69) is 5.16 Å². The minimum Gasteiger partial charge on any atom is -0.364 e. The van der Waals surface area contributed by atoms with Gasteiger partial charge in [-0.1, -0.05) is 34.4 Å². The van der Waals surface area contributed by atoms with Gasteiger partial charge < -0.3 is 14.7 Å². The molecule has 4 nitrogen and oxygen atoms in total. The van der Waals surface area contributed by atoms with Crippen molar-refractivity contribution in [2.24, 2.45) is 0 Å². The van der Waals surface area contributed by atoms with E-state index in [-0.39, 0.29) is 10.6 Å². The van der Waals surface area contributed by atoms with E-state index < -0.39 is 6.29 Å². The lowest BCUT2D eigenvalue weighted by Gasteiger charge is -2.11. The smallest absolute Gasteiger partial charge is 0.179 e. The molecule has 2 aromatic rings. The summed E-state index contributed by atoms with van der Waals surface area (Å²) in [4.78, 5) is 0. The summed E-state index contributed by atoms with van der Waals surface area (Å²) in [6.07, 6.45) is -0.133. The van der Waals surface area contributed by atoms with Crippen LogP contribution in [0.1, 0.15) is 17.4 Å². The van der Waals surface area contributed by atoms with Gasteiger partial charge in [0.15, 0.2) is 12.1 Å². The first-order valence-corrected chi connectivity index (χ1v) is 5.53. The highest BCUT2D eigenvalue weighted by Crippen LogP contribution is 2.39. The second-order valence-corrected chi connectivity index (χ2v) is 4.32. The predicted octanol–water partition coefficient (Wildman–Crippen LogP) is 2.94. The monoisotopic (exact) mass is 273 g/mol. The van der Waals surface area contributed by atoms with Crippen molar-refractivity contribution in [1.29, 1.82) is 0 Å². The normalized spacial score (nSPS) is 11.2. The molecule has 0 amide bonds. The molecular weight excluding hydrogens is 265 g/mol. The quantitative estimate of drug-likeness (QED) is 0.826. The number of aromatic nitrogens is 1. The van der Waals surface area contributed by atoms with Crippen LogP contribution in [0.2, 0.25) is 10.0 Å². The van der Waals surface area contributed by atoms with Crippen molar-refractivity contribution in [3.63, 3.8) is 0 Å². The Morgan fingerprint density at radius 2 is 2.00 bits per heavy atom. The zero-order chi connectivity index (χ0) is 12.6. The Hall–Kier alpha value is -1.07. The summed E-state index contributed by atoms with van der Waals surface area (Å²) >= 11 is 12.1. The number of hydrogen-bond donors (Lipinski definition) is 2. The second kappa shape index (κ2) is 4.66. The number of halogens is 2. The van der Waals surface area contributed by atoms with Crippen LogP contribution in [-0.2, 0) is 0 Å². The molecular formula is C11H9Cl2NO3. The summed E-state index contributed by atoms with van der Waals surface area (Å²) in [6, 6.07) is 2.98. The Bertz CT molecular complexity index is 552. The Balaban J connectivity index is 2.69. The maximum atomic E-state index is 9.17. The van der Waals surface area contributed by atoms with Crippen molar-refractivity contribution in [3.8, 4) is 11.3 Å². The van der Waals surface area contributed by atoms with Gasteiger partial charge in [0.05, 0.1) is 21.8 Å². The van der Waals surface area contributed by atoms with Gasteiger partial charge in [0.1, 0.15) is 0 Å². The van der Waals surface area contributed by atoms with Crippen LogP contribution in [0.3, 0.4) is 0 Å². The molecule has 0 saturated heterocycles. The molecule has 0 aliphatic rings. The number of aliphatic hydroxyl groups excluding tert-OH is 1. The first-order valence-electron chi connectivity index (χ1n) is 4.78. The van der Waals surface area contributed by atoms with Crippen molar-refractivity contribution < 1.29 is 14.7 Å². The van der Waals surface area contributed by atoms with E-state index in [4.69, 9.17) is 37.9 Å². The molecule has 0 saturated carbocycles. The van der Waals surface area contributed by atoms with Gasteiger partial charge >= 0.3 is 0 Å². The molecule has 0 unspecified atom stereocenters. The number of rotatable bonds is 2. The average Bonchev–Trinajstić information content (AvgIpc) is 2.64. The fourth-order valence-corrected chi connectivity index (χ4v) is 2.15. The Morgan fingerprint density at radius 3 is 2.53 bits per heavy atom. The first-order chi connectivity index (χ1) is 8.02. The van der Waals surface area contributed by atoms with Crippen molar-refractivity contribution in [1.82, 2.24) is 5.16 Å². The Morgan fingerprint density at radius 1 is 1.29 bits per heavy atom. The van der Waals surface area contributed by atoms with Crippen molar-refractivity contribution in [2.75, 3.05) is 0 Å². The second-order valence-electron chi connectivity index (χ2n) is 3.54. The molecule has 0 fully saturated rings. The zero-order valence-corrected chi connectivity index (χ0v) is 10.3. The summed E-state index contributed by atoms with van der Waals surface area (Å²) in [6.45, 7) is 1.79. The molecule has 2 N–H and O–H groups in total. The molecule has 0 radical (unpaired) electrons. The van der Waals surface area contributed by atoms with Crippen LogP contribution < -0.4 is 0 Å². The minimum atomic E-state index is -1.67. The molecule has 0 bridgehead atoms. The molecule has 1 aromatic heterocycles. The van der Waals surface area contributed by atoms with E-state index in [1.165, 1.54) is 18.3 Å². The number of aliphatic hydroxyl groups is 2. The van der Waals surface area contributed by atoms with E-state index >= 15 is 0 Å². The summed E-state index contributed by atoms with van der Waals surface area (Å²) in [7, 11) is 0. The number of nitrogens with zero attached hydrogens (tertiary/aromatic N) is 1. The van der Waals surface area contributed by atoms with E-state index in [9.17, 15) is 0 Å². The van der Waals surface area contributed by atoms with Crippen molar-refractivity contribution >= 4 is 23.2 Å². The van der Waals surface area contributed by atoms with Crippen LogP contribution in [-0.4, -0.2) is 15.4 Å². The lowest BCUT2D eigenvalue weighted by molar-refractivity contribution is -0.0423. The van der Waals surface area contributed by atoms with Crippen molar-refractivity contribution in [3.05, 3.63) is 39.5 Å². The van der Waals surface area contributed by atoms with Gasteiger partial charge in [-0.25, -0.2) is 0 Å². The fourth-order valence-electron chi connectivity index (χ4n) is 1.51. The number of aryl methyl sites for hydroxylation is 1. The van der Waals surface area contributed by atoms with E-state index in [1.54, 1.807) is 6.92 Å². The first kappa shape index (κ1) is 12.4. The summed E-state index contributed by atoms with van der Waals surface area (Å²) in [5.74, 6) is 0.419. The van der Waals surface area contributed by atoms with Crippen LogP contribution in [0.25, 0.3) is 11.3 Å². The molecule has 2 rings (SSSR count). The highest BCUT2D eigenvalue weighted by molar-refractivity contribution is 6.39. The third-order valence-electron chi connectivity index (χ3n) is 2.37. The fraction of sp³-hybridized carbons (Fsp3) is 0.182. The molecule has 0 aliphatic heterocycles. The molecule has 0 aliphatic carbocycles. The van der Waals surface area contributed by atoms with Gasteiger partial charge in [-0.3, -0.25) is 0 Å². The number of benzene rings is 1. The third-order valence-corrected chi connectivity index (χ3v) is 3.10. The molecule has 90 valence electrons. The molecule has 6 heteroatoms. The minimum absolute atomic E-state index is 0.146. The average molecular weight is 274 g/mol. The van der Waals surface area contributed by atoms with Gasteiger partial charge in [0.25, 0.3) is 0 Å². The van der Waals surface area contributed by atoms with Crippen molar-refractivity contribution in [2.45, 2.75) is 13.2 Å². The third kappa shape index (κ3) is 2.17. The SMILES string of the molecule is Cc1cnoc1-c1c(Cl)ccc(C(O)O)c1Cl. The Kier molecular flexibility index (Phi) is 3.40. The number of hydrogen-bond acceptors (Lipinski definition) is 4. The van der Waals surface area contributed by atoms with Gasteiger partial charge in [-0.05, 0) is 13.0 Å². The zero-order valence-electron chi connectivity index (χ0n) is 8.82. The summed E-state index contributed by atoms with van der Waals surface area (Å²) in [5, 5.41) is 22.5. The standard InChI is InChI=1S/C11H9Cl2NO3/c1-5-4-14-17-10(5)8-7(12)3-2-6(9(8)13)11(15)16/h2-4,11,15-16H,1H3. The topological polar surface area (TPSA) is 66.5 Å². The van der Waals surface area contributed by atoms with Gasteiger partial charge in [0.2, 0.25) is 0 Å². The van der Waals surface area contributed by atoms with Crippen LogP contribution in [0.5, 0.6) is 0 Å². The van der Waals surface area contributed by atoms with Gasteiger partial charge in [-0.15, -0.1) is 0 Å². The molecule has 17 heavy (non-hydrogen) atoms. The maximum absolute atomic E-state index is 9.17. The lowest BCUT2D eigenvalue weighted by atomic mass is 10.1. The molecule has 0 spiro atoms. The molecule has 1 heterocycles. The highest BCUT2D eigenvalue weighted by atomic mass is 35.5. The van der Waals surface area contributed by atoms with Gasteiger partial charge in [0, 0.05) is 11.1 Å². The maximum Gasteiger partial charge on any atom is 0.179 e. The molecule has 1 aromatic carbocycles. The largest absolute Gasteiger partial charge is 0.364 e. The van der Waals surface area contributed by atoms with Gasteiger partial charge in [-0.2, -0.15) is 0 Å². The summed E-state index contributed by atoms with van der Waals surface area (Å²) in [5.41, 5.74) is 1.34. The highest BCUT2D eigenvalue weighted by Gasteiger charge is 2.20. The van der Waals surface area contributed by atoms with Crippen LogP contribution in [0.4, 0.5) is 0 Å². The van der Waals surface area contributed by atoms with Crippen LogP contribution >= 0.6 is 23.2 Å².